The first-order valence-corrected chi connectivity index (χ1v) is 4.84. The van der Waals surface area contributed by atoms with Gasteiger partial charge in [-0.1, -0.05) is 6.07 Å². The maximum absolute atomic E-state index is 13.0. The van der Waals surface area contributed by atoms with Crippen molar-refractivity contribution in [2.24, 2.45) is 0 Å². The highest BCUT2D eigenvalue weighted by atomic mass is 19.1. The Morgan fingerprint density at radius 1 is 0.875 bits per heavy atom. The van der Waals surface area contributed by atoms with Crippen LogP contribution < -0.4 is 0 Å². The Morgan fingerprint density at radius 2 is 1.50 bits per heavy atom. The van der Waals surface area contributed by atoms with Crippen LogP contribution in [0.5, 0.6) is 5.75 Å². The smallest absolute Gasteiger partial charge is 0.194 e. The summed E-state index contributed by atoms with van der Waals surface area (Å²) < 4.78 is 13.0. The zero-order valence-corrected chi connectivity index (χ0v) is 8.20. The first kappa shape index (κ1) is 9.09. The standard InChI is InChI=1S/C13H7FO2/c14-7-1-3-9-10-4-2-8(15)6-12(10)13(16)11(9)5-7/h1-6,15H. The minimum absolute atomic E-state index is 0.0420. The van der Waals surface area contributed by atoms with E-state index in [1.54, 1.807) is 12.1 Å². The normalized spacial score (nSPS) is 12.4. The molecule has 0 bridgehead atoms. The fourth-order valence-electron chi connectivity index (χ4n) is 2.04. The second kappa shape index (κ2) is 2.92. The highest BCUT2D eigenvalue weighted by Crippen LogP contribution is 2.38. The van der Waals surface area contributed by atoms with Gasteiger partial charge in [-0.3, -0.25) is 4.79 Å². The Bertz CT molecular complexity index is 564. The lowest BCUT2D eigenvalue weighted by Gasteiger charge is -1.99. The maximum Gasteiger partial charge on any atom is 0.194 e. The summed E-state index contributed by atoms with van der Waals surface area (Å²) in [7, 11) is 0. The molecule has 1 N–H and O–H groups in total. The van der Waals surface area contributed by atoms with Crippen LogP contribution in [0.1, 0.15) is 15.9 Å². The summed E-state index contributed by atoms with van der Waals surface area (Å²) in [6.07, 6.45) is 0. The quantitative estimate of drug-likeness (QED) is 0.624. The van der Waals surface area contributed by atoms with Crippen molar-refractivity contribution in [3.05, 3.63) is 53.3 Å². The number of phenolic OH excluding ortho intramolecular Hbond substituents is 1. The van der Waals surface area contributed by atoms with Gasteiger partial charge in [0.25, 0.3) is 0 Å². The zero-order valence-electron chi connectivity index (χ0n) is 8.20. The molecule has 1 aliphatic carbocycles. The molecule has 3 rings (SSSR count). The van der Waals surface area contributed by atoms with Crippen molar-refractivity contribution in [2.45, 2.75) is 0 Å². The maximum atomic E-state index is 13.0. The molecule has 0 aromatic heterocycles. The van der Waals surface area contributed by atoms with Crippen LogP contribution in [0.15, 0.2) is 36.4 Å². The molecular formula is C13H7FO2. The van der Waals surface area contributed by atoms with Crippen LogP contribution in [0.25, 0.3) is 11.1 Å². The number of hydrogen-bond donors (Lipinski definition) is 1. The molecule has 16 heavy (non-hydrogen) atoms. The van der Waals surface area contributed by atoms with Gasteiger partial charge in [0.2, 0.25) is 0 Å². The van der Waals surface area contributed by atoms with Crippen molar-refractivity contribution in [1.29, 1.82) is 0 Å². The van der Waals surface area contributed by atoms with E-state index in [-0.39, 0.29) is 11.5 Å². The van der Waals surface area contributed by atoms with Gasteiger partial charge < -0.3 is 5.11 Å². The van der Waals surface area contributed by atoms with Gasteiger partial charge in [-0.2, -0.15) is 0 Å². The summed E-state index contributed by atoms with van der Waals surface area (Å²) in [5.74, 6) is -0.620. The van der Waals surface area contributed by atoms with E-state index in [1.807, 2.05) is 0 Å². The van der Waals surface area contributed by atoms with Gasteiger partial charge in [-0.15, -0.1) is 0 Å². The number of benzene rings is 2. The van der Waals surface area contributed by atoms with Crippen LogP contribution >= 0.6 is 0 Å². The number of carbonyl (C=O) groups excluding carboxylic acids is 1. The van der Waals surface area contributed by atoms with E-state index in [0.29, 0.717) is 11.1 Å². The minimum Gasteiger partial charge on any atom is -0.508 e. The first-order valence-electron chi connectivity index (χ1n) is 4.84. The van der Waals surface area contributed by atoms with Gasteiger partial charge in [0.15, 0.2) is 5.78 Å². The molecule has 3 heteroatoms. The molecule has 0 unspecified atom stereocenters. The lowest BCUT2D eigenvalue weighted by atomic mass is 10.1. The SMILES string of the molecule is O=C1c2cc(O)ccc2-c2ccc(F)cc21. The Hall–Kier alpha value is -2.16. The zero-order chi connectivity index (χ0) is 11.3. The van der Waals surface area contributed by atoms with Crippen molar-refractivity contribution >= 4 is 5.78 Å². The molecular weight excluding hydrogens is 207 g/mol. The second-order valence-corrected chi connectivity index (χ2v) is 3.75. The van der Waals surface area contributed by atoms with Gasteiger partial charge in [-0.25, -0.2) is 4.39 Å². The van der Waals surface area contributed by atoms with E-state index < -0.39 is 5.82 Å². The summed E-state index contributed by atoms with van der Waals surface area (Å²) in [6, 6.07) is 8.75. The van der Waals surface area contributed by atoms with Crippen molar-refractivity contribution in [3.8, 4) is 16.9 Å². The van der Waals surface area contributed by atoms with E-state index in [0.717, 1.165) is 11.1 Å². The van der Waals surface area contributed by atoms with Crippen molar-refractivity contribution in [1.82, 2.24) is 0 Å². The molecule has 0 radical (unpaired) electrons. The molecule has 0 fully saturated rings. The Balaban J connectivity index is 2.34. The van der Waals surface area contributed by atoms with E-state index >= 15 is 0 Å². The molecule has 0 aliphatic heterocycles. The third kappa shape index (κ3) is 1.08. The second-order valence-electron chi connectivity index (χ2n) is 3.75. The number of hydrogen-bond acceptors (Lipinski definition) is 2. The molecule has 0 amide bonds. The monoisotopic (exact) mass is 214 g/mol. The summed E-state index contributed by atoms with van der Waals surface area (Å²) >= 11 is 0. The highest BCUT2D eigenvalue weighted by Gasteiger charge is 2.27. The average Bonchev–Trinajstić information content (AvgIpc) is 2.53. The highest BCUT2D eigenvalue weighted by molar-refractivity contribution is 6.21. The van der Waals surface area contributed by atoms with E-state index in [2.05, 4.69) is 0 Å². The van der Waals surface area contributed by atoms with E-state index in [4.69, 9.17) is 0 Å². The van der Waals surface area contributed by atoms with Gasteiger partial charge in [0, 0.05) is 11.1 Å². The Kier molecular flexibility index (Phi) is 1.66. The predicted octanol–water partition coefficient (Wildman–Crippen LogP) is 2.74. The molecule has 1 aliphatic rings. The Morgan fingerprint density at radius 3 is 2.25 bits per heavy atom. The van der Waals surface area contributed by atoms with Gasteiger partial charge in [0.1, 0.15) is 11.6 Å². The molecule has 78 valence electrons. The summed E-state index contributed by atoms with van der Waals surface area (Å²) in [5, 5.41) is 9.32. The van der Waals surface area contributed by atoms with Crippen molar-refractivity contribution in [2.75, 3.05) is 0 Å². The molecule has 0 heterocycles. The predicted molar refractivity (Wildman–Crippen MR) is 56.9 cm³/mol. The van der Waals surface area contributed by atoms with Crippen LogP contribution in [0.4, 0.5) is 4.39 Å². The number of ketones is 1. The van der Waals surface area contributed by atoms with Crippen LogP contribution in [0.3, 0.4) is 0 Å². The fraction of sp³-hybridized carbons (Fsp3) is 0. The third-order valence-corrected chi connectivity index (χ3v) is 2.76. The fourth-order valence-corrected chi connectivity index (χ4v) is 2.04. The molecule has 0 spiro atoms. The number of carbonyl (C=O) groups is 1. The van der Waals surface area contributed by atoms with E-state index in [1.165, 1.54) is 24.3 Å². The molecule has 0 saturated heterocycles. The molecule has 0 saturated carbocycles. The lowest BCUT2D eigenvalue weighted by Crippen LogP contribution is -1.95. The topological polar surface area (TPSA) is 37.3 Å². The Labute approximate surface area is 91.0 Å². The van der Waals surface area contributed by atoms with Gasteiger partial charge >= 0.3 is 0 Å². The molecule has 2 aromatic rings. The number of fused-ring (bicyclic) bond motifs is 3. The average molecular weight is 214 g/mol. The molecule has 0 atom stereocenters. The summed E-state index contributed by atoms with van der Waals surface area (Å²) in [4.78, 5) is 11.9. The molecule has 2 nitrogen and oxygen atoms in total. The minimum atomic E-state index is -0.427. The number of rotatable bonds is 0. The number of halogens is 1. The number of phenols is 1. The van der Waals surface area contributed by atoms with E-state index in [9.17, 15) is 14.3 Å². The van der Waals surface area contributed by atoms with Crippen LogP contribution in [-0.2, 0) is 0 Å². The third-order valence-electron chi connectivity index (χ3n) is 2.76. The largest absolute Gasteiger partial charge is 0.508 e. The van der Waals surface area contributed by atoms with Crippen molar-refractivity contribution < 1.29 is 14.3 Å². The van der Waals surface area contributed by atoms with Crippen LogP contribution in [-0.4, -0.2) is 10.9 Å². The van der Waals surface area contributed by atoms with Crippen molar-refractivity contribution in [3.63, 3.8) is 0 Å². The summed E-state index contributed by atoms with van der Waals surface area (Å²) in [6.45, 7) is 0. The summed E-state index contributed by atoms with van der Waals surface area (Å²) in [5.41, 5.74) is 2.26. The van der Waals surface area contributed by atoms with Crippen LogP contribution in [0.2, 0.25) is 0 Å². The van der Waals surface area contributed by atoms with Crippen LogP contribution in [0, 0.1) is 5.82 Å². The van der Waals surface area contributed by atoms with Gasteiger partial charge in [0.05, 0.1) is 0 Å². The van der Waals surface area contributed by atoms with Gasteiger partial charge in [-0.05, 0) is 41.5 Å². The number of aromatic hydroxyl groups is 1. The molecule has 2 aromatic carbocycles. The lowest BCUT2D eigenvalue weighted by molar-refractivity contribution is 0.104. The first-order chi connectivity index (χ1) is 7.66.